The maximum Gasteiger partial charge on any atom is 0.0598 e. The van der Waals surface area contributed by atoms with Gasteiger partial charge in [0.2, 0.25) is 0 Å². The lowest BCUT2D eigenvalue weighted by atomic mass is 10.1. The van der Waals surface area contributed by atoms with Crippen molar-refractivity contribution in [2.24, 2.45) is 0 Å². The van der Waals surface area contributed by atoms with E-state index in [0.29, 0.717) is 0 Å². The Kier molecular flexibility index (Phi) is 5.57. The number of ether oxygens (including phenoxy) is 1. The summed E-state index contributed by atoms with van der Waals surface area (Å²) in [7, 11) is 1.44. The van der Waals surface area contributed by atoms with Crippen molar-refractivity contribution < 1.29 is 9.26 Å². The van der Waals surface area contributed by atoms with Gasteiger partial charge in [0.05, 0.1) is 5.60 Å². The molecule has 0 aliphatic rings. The van der Waals surface area contributed by atoms with Crippen LogP contribution in [0.3, 0.4) is 0 Å². The first-order valence-electron chi connectivity index (χ1n) is 5.11. The van der Waals surface area contributed by atoms with Crippen LogP contribution in [0.4, 0.5) is 0 Å². The molecule has 0 N–H and O–H groups in total. The van der Waals surface area contributed by atoms with Gasteiger partial charge in [-0.1, -0.05) is 13.8 Å². The third-order valence-corrected chi connectivity index (χ3v) is 4.85. The zero-order chi connectivity index (χ0) is 11.4. The smallest absolute Gasteiger partial charge is 0.0598 e. The first-order chi connectivity index (χ1) is 6.19. The molecule has 0 fully saturated rings. The largest absolute Gasteiger partial charge is 0.376 e. The molecule has 1 unspecified atom stereocenters. The fourth-order valence-electron chi connectivity index (χ4n) is 1.01. The number of rotatable bonds is 5. The van der Waals surface area contributed by atoms with Crippen molar-refractivity contribution in [2.75, 3.05) is 20.4 Å². The van der Waals surface area contributed by atoms with Crippen LogP contribution in [-0.2, 0) is 9.26 Å². The van der Waals surface area contributed by atoms with Crippen LogP contribution in [-0.4, -0.2) is 31.1 Å². The van der Waals surface area contributed by atoms with Gasteiger partial charge >= 0.3 is 0 Å². The summed E-state index contributed by atoms with van der Waals surface area (Å²) < 4.78 is 11.1. The summed E-state index contributed by atoms with van der Waals surface area (Å²) in [5.41, 5.74) is -0.0281. The van der Waals surface area contributed by atoms with Gasteiger partial charge in [-0.2, -0.15) is 0 Å². The second kappa shape index (κ2) is 5.44. The van der Waals surface area contributed by atoms with Gasteiger partial charge in [-0.3, -0.25) is 0 Å². The highest BCUT2D eigenvalue weighted by Crippen LogP contribution is 2.48. The normalized spacial score (nSPS) is 15.6. The van der Waals surface area contributed by atoms with Gasteiger partial charge < -0.3 is 9.26 Å². The Bertz CT molecular complexity index is 161. The van der Waals surface area contributed by atoms with Crippen molar-refractivity contribution in [1.29, 1.82) is 0 Å². The minimum absolute atomic E-state index is 0.0281. The van der Waals surface area contributed by atoms with Gasteiger partial charge in [-0.05, 0) is 33.9 Å². The lowest BCUT2D eigenvalue weighted by Gasteiger charge is -2.31. The van der Waals surface area contributed by atoms with Crippen LogP contribution in [0.15, 0.2) is 0 Å². The van der Waals surface area contributed by atoms with Gasteiger partial charge in [0, 0.05) is 27.0 Å². The lowest BCUT2D eigenvalue weighted by Crippen LogP contribution is -2.25. The standard InChI is InChI=1S/C11H25O2P/c1-10(2,3)13-9-8-11(4,5)14(7)12-6/h8-9H2,1-7H3. The molecule has 0 radical (unpaired) electrons. The van der Waals surface area contributed by atoms with E-state index in [2.05, 4.69) is 41.3 Å². The average Bonchev–Trinajstić information content (AvgIpc) is 2.00. The van der Waals surface area contributed by atoms with E-state index in [1.54, 1.807) is 7.11 Å². The predicted octanol–water partition coefficient (Wildman–Crippen LogP) is 3.64. The van der Waals surface area contributed by atoms with Crippen LogP contribution in [0.5, 0.6) is 0 Å². The van der Waals surface area contributed by atoms with E-state index in [1.165, 1.54) is 0 Å². The van der Waals surface area contributed by atoms with Gasteiger partial charge in [-0.15, -0.1) is 0 Å². The Morgan fingerprint density at radius 3 is 1.93 bits per heavy atom. The lowest BCUT2D eigenvalue weighted by molar-refractivity contribution is -0.00671. The summed E-state index contributed by atoms with van der Waals surface area (Å²) in [5.74, 6) is 0. The van der Waals surface area contributed by atoms with E-state index in [1.807, 2.05) is 0 Å². The molecule has 0 aromatic heterocycles. The highest BCUT2D eigenvalue weighted by molar-refractivity contribution is 7.53. The molecule has 2 nitrogen and oxygen atoms in total. The topological polar surface area (TPSA) is 18.5 Å². The van der Waals surface area contributed by atoms with Crippen LogP contribution in [0.2, 0.25) is 0 Å². The predicted molar refractivity (Wildman–Crippen MR) is 64.3 cm³/mol. The summed E-state index contributed by atoms with van der Waals surface area (Å²) in [6.07, 6.45) is 1.06. The van der Waals surface area contributed by atoms with Crippen molar-refractivity contribution in [3.8, 4) is 0 Å². The van der Waals surface area contributed by atoms with Crippen molar-refractivity contribution in [2.45, 2.75) is 51.8 Å². The average molecular weight is 220 g/mol. The Morgan fingerprint density at radius 1 is 1.07 bits per heavy atom. The van der Waals surface area contributed by atoms with Crippen molar-refractivity contribution in [3.05, 3.63) is 0 Å². The summed E-state index contributed by atoms with van der Waals surface area (Å²) >= 11 is 0. The Labute approximate surface area is 90.2 Å². The minimum atomic E-state index is -0.349. The van der Waals surface area contributed by atoms with E-state index in [9.17, 15) is 0 Å². The molecule has 0 saturated heterocycles. The molecule has 0 aromatic rings. The molecule has 0 saturated carbocycles. The molecule has 0 heterocycles. The highest BCUT2D eigenvalue weighted by atomic mass is 31.1. The molecule has 0 rings (SSSR count). The Morgan fingerprint density at radius 2 is 1.57 bits per heavy atom. The monoisotopic (exact) mass is 220 g/mol. The molecule has 0 aromatic carbocycles. The van der Waals surface area contributed by atoms with E-state index >= 15 is 0 Å². The first kappa shape index (κ1) is 14.3. The second-order valence-electron chi connectivity index (χ2n) is 5.20. The van der Waals surface area contributed by atoms with Crippen LogP contribution in [0, 0.1) is 0 Å². The molecule has 3 heteroatoms. The quantitative estimate of drug-likeness (QED) is 0.658. The van der Waals surface area contributed by atoms with Crippen LogP contribution < -0.4 is 0 Å². The number of hydrogen-bond acceptors (Lipinski definition) is 2. The molecular formula is C11H25O2P. The molecule has 0 spiro atoms. The minimum Gasteiger partial charge on any atom is -0.376 e. The number of hydrogen-bond donors (Lipinski definition) is 0. The molecule has 0 aliphatic heterocycles. The van der Waals surface area contributed by atoms with Crippen molar-refractivity contribution in [3.63, 3.8) is 0 Å². The summed E-state index contributed by atoms with van der Waals surface area (Å²) in [6, 6.07) is 0. The molecule has 0 amide bonds. The van der Waals surface area contributed by atoms with Gasteiger partial charge in [0.25, 0.3) is 0 Å². The summed E-state index contributed by atoms with van der Waals surface area (Å²) in [5, 5.41) is 0.245. The van der Waals surface area contributed by atoms with Crippen LogP contribution >= 0.6 is 8.15 Å². The third-order valence-electron chi connectivity index (χ3n) is 2.38. The maximum atomic E-state index is 5.71. The highest BCUT2D eigenvalue weighted by Gasteiger charge is 2.26. The summed E-state index contributed by atoms with van der Waals surface area (Å²) in [6.45, 7) is 13.7. The first-order valence-corrected chi connectivity index (χ1v) is 6.81. The molecule has 14 heavy (non-hydrogen) atoms. The Hall–Kier alpha value is 0.350. The second-order valence-corrected chi connectivity index (χ2v) is 7.77. The fourth-order valence-corrected chi connectivity index (χ4v) is 1.91. The fraction of sp³-hybridized carbons (Fsp3) is 1.00. The van der Waals surface area contributed by atoms with Crippen molar-refractivity contribution in [1.82, 2.24) is 0 Å². The molecule has 1 atom stereocenters. The van der Waals surface area contributed by atoms with Gasteiger partial charge in [-0.25, -0.2) is 0 Å². The zero-order valence-electron chi connectivity index (χ0n) is 10.7. The zero-order valence-corrected chi connectivity index (χ0v) is 11.6. The van der Waals surface area contributed by atoms with Gasteiger partial charge in [0.1, 0.15) is 0 Å². The van der Waals surface area contributed by atoms with E-state index < -0.39 is 0 Å². The molecule has 0 aliphatic carbocycles. The third kappa shape index (κ3) is 5.95. The van der Waals surface area contributed by atoms with Gasteiger partial charge in [0.15, 0.2) is 0 Å². The maximum absolute atomic E-state index is 5.71. The van der Waals surface area contributed by atoms with E-state index in [-0.39, 0.29) is 18.9 Å². The van der Waals surface area contributed by atoms with E-state index in [0.717, 1.165) is 13.0 Å². The summed E-state index contributed by atoms with van der Waals surface area (Å²) in [4.78, 5) is 0. The molecular weight excluding hydrogens is 195 g/mol. The van der Waals surface area contributed by atoms with Crippen LogP contribution in [0.25, 0.3) is 0 Å². The van der Waals surface area contributed by atoms with E-state index in [4.69, 9.17) is 9.26 Å². The molecule has 0 bridgehead atoms. The molecule has 86 valence electrons. The van der Waals surface area contributed by atoms with Crippen LogP contribution in [0.1, 0.15) is 41.0 Å². The van der Waals surface area contributed by atoms with Crippen molar-refractivity contribution >= 4 is 8.15 Å². The Balaban J connectivity index is 3.88. The SMILES string of the molecule is COP(C)C(C)(C)CCOC(C)(C)C.